The molecule has 2 heterocycles. The summed E-state index contributed by atoms with van der Waals surface area (Å²) in [5.41, 5.74) is 8.43. The summed E-state index contributed by atoms with van der Waals surface area (Å²) in [4.78, 5) is 32.3. The number of halogens is 3. The number of ether oxygens (including phenoxy) is 1. The van der Waals surface area contributed by atoms with E-state index >= 15 is 0 Å². The first-order chi connectivity index (χ1) is 17.6. The van der Waals surface area contributed by atoms with E-state index < -0.39 is 11.9 Å². The Balaban J connectivity index is 1.50. The fourth-order valence-corrected chi connectivity index (χ4v) is 5.04. The van der Waals surface area contributed by atoms with Crippen LogP contribution in [0.2, 0.25) is 10.0 Å². The molecule has 2 N–H and O–H groups in total. The first-order valence-corrected chi connectivity index (χ1v) is 12.5. The zero-order valence-electron chi connectivity index (χ0n) is 20.7. The van der Waals surface area contributed by atoms with Crippen molar-refractivity contribution in [3.05, 3.63) is 75.7 Å². The zero-order valence-corrected chi connectivity index (χ0v) is 22.2. The molecule has 3 aromatic rings. The summed E-state index contributed by atoms with van der Waals surface area (Å²) in [6, 6.07) is 11.5. The number of amides is 2. The molecule has 4 rings (SSSR count). The normalized spacial score (nSPS) is 15.9. The molecule has 10 heteroatoms. The number of likely N-dealkylation sites (tertiary alicyclic amines) is 1. The third-order valence-corrected chi connectivity index (χ3v) is 7.35. The maximum Gasteiger partial charge on any atom is 0.253 e. The number of hydrogen-bond acceptors (Lipinski definition) is 5. The van der Waals surface area contributed by atoms with Crippen LogP contribution in [-0.2, 0) is 4.79 Å². The van der Waals surface area contributed by atoms with Crippen LogP contribution < -0.4 is 10.5 Å². The Hall–Kier alpha value is -3.36. The fraction of sp³-hybridized carbons (Fsp3) is 0.296. The molecule has 1 aromatic heterocycles. The van der Waals surface area contributed by atoms with Crippen LogP contribution in [0.4, 0.5) is 10.2 Å². The lowest BCUT2D eigenvalue weighted by atomic mass is 10.0. The maximum atomic E-state index is 14.0. The molecule has 0 bridgehead atoms. The summed E-state index contributed by atoms with van der Waals surface area (Å²) in [5, 5.41) is 0.166. The maximum absolute atomic E-state index is 14.0. The molecule has 1 fully saturated rings. The van der Waals surface area contributed by atoms with Gasteiger partial charge in [-0.05, 0) is 49.2 Å². The van der Waals surface area contributed by atoms with Crippen molar-refractivity contribution in [3.8, 4) is 16.9 Å². The van der Waals surface area contributed by atoms with Gasteiger partial charge in [0, 0.05) is 55.0 Å². The highest BCUT2D eigenvalue weighted by Gasteiger charge is 2.30. The van der Waals surface area contributed by atoms with Crippen LogP contribution in [-0.4, -0.2) is 52.8 Å². The highest BCUT2D eigenvalue weighted by molar-refractivity contribution is 6.36. The molecule has 37 heavy (non-hydrogen) atoms. The minimum atomic E-state index is -0.693. The number of likely N-dealkylation sites (N-methyl/N-ethyl adjacent to an activating group) is 1. The first-order valence-electron chi connectivity index (χ1n) is 11.8. The van der Waals surface area contributed by atoms with Crippen LogP contribution in [0.25, 0.3) is 11.1 Å². The average molecular weight is 545 g/mol. The average Bonchev–Trinajstić information content (AvgIpc) is 3.37. The van der Waals surface area contributed by atoms with Crippen molar-refractivity contribution in [1.29, 1.82) is 0 Å². The number of rotatable bonds is 6. The summed E-state index contributed by atoms with van der Waals surface area (Å²) in [7, 11) is 1.76. The second-order valence-corrected chi connectivity index (χ2v) is 9.81. The smallest absolute Gasteiger partial charge is 0.253 e. The van der Waals surface area contributed by atoms with Crippen molar-refractivity contribution < 1.29 is 18.7 Å². The second-order valence-electron chi connectivity index (χ2n) is 9.03. The summed E-state index contributed by atoms with van der Waals surface area (Å²) < 4.78 is 19.9. The molecule has 2 atom stereocenters. The van der Waals surface area contributed by atoms with Gasteiger partial charge in [0.25, 0.3) is 5.91 Å². The van der Waals surface area contributed by atoms with Crippen molar-refractivity contribution in [2.75, 3.05) is 25.9 Å². The number of hydrogen-bond donors (Lipinski definition) is 1. The van der Waals surface area contributed by atoms with Crippen molar-refractivity contribution in [1.82, 2.24) is 14.8 Å². The second kappa shape index (κ2) is 10.9. The SMILES string of the molecule is CC(=O)N(C)C1CCN(C(=O)c2ccc(-c3cnc(N)c(OC(C)c4c(Cl)ccc(F)c4Cl)c3)cc2)C1. The fourth-order valence-electron chi connectivity index (χ4n) is 4.36. The van der Waals surface area contributed by atoms with Crippen molar-refractivity contribution in [2.24, 2.45) is 0 Å². The van der Waals surface area contributed by atoms with E-state index in [1.807, 2.05) is 12.1 Å². The number of benzene rings is 2. The minimum absolute atomic E-state index is 0.0133. The molecule has 0 saturated carbocycles. The zero-order chi connectivity index (χ0) is 26.9. The lowest BCUT2D eigenvalue weighted by Gasteiger charge is -2.23. The predicted octanol–water partition coefficient (Wildman–Crippen LogP) is 5.61. The van der Waals surface area contributed by atoms with Gasteiger partial charge in [-0.15, -0.1) is 0 Å². The van der Waals surface area contributed by atoms with Crippen LogP contribution in [0.15, 0.2) is 48.7 Å². The van der Waals surface area contributed by atoms with Gasteiger partial charge in [-0.3, -0.25) is 9.59 Å². The Kier molecular flexibility index (Phi) is 7.90. The van der Waals surface area contributed by atoms with Gasteiger partial charge < -0.3 is 20.3 Å². The quantitative estimate of drug-likeness (QED) is 0.407. The Morgan fingerprint density at radius 2 is 1.89 bits per heavy atom. The lowest BCUT2D eigenvalue weighted by Crippen LogP contribution is -2.38. The van der Waals surface area contributed by atoms with E-state index in [1.54, 1.807) is 48.2 Å². The lowest BCUT2D eigenvalue weighted by molar-refractivity contribution is -0.129. The monoisotopic (exact) mass is 544 g/mol. The van der Waals surface area contributed by atoms with Gasteiger partial charge in [0.15, 0.2) is 11.6 Å². The van der Waals surface area contributed by atoms with Gasteiger partial charge in [-0.1, -0.05) is 35.3 Å². The summed E-state index contributed by atoms with van der Waals surface area (Å²) >= 11 is 12.3. The van der Waals surface area contributed by atoms with Gasteiger partial charge in [-0.25, -0.2) is 9.37 Å². The Morgan fingerprint density at radius 3 is 2.57 bits per heavy atom. The number of carbonyl (C=O) groups excluding carboxylic acids is 2. The molecule has 0 radical (unpaired) electrons. The van der Waals surface area contributed by atoms with E-state index in [9.17, 15) is 14.0 Å². The molecule has 2 amide bonds. The molecule has 0 spiro atoms. The summed E-state index contributed by atoms with van der Waals surface area (Å²) in [5.74, 6) is -0.241. The highest BCUT2D eigenvalue weighted by Crippen LogP contribution is 2.37. The van der Waals surface area contributed by atoms with Gasteiger partial charge in [0.2, 0.25) is 5.91 Å². The van der Waals surface area contributed by atoms with Crippen LogP contribution in [0.3, 0.4) is 0 Å². The number of carbonyl (C=O) groups is 2. The molecule has 194 valence electrons. The molecular weight excluding hydrogens is 518 g/mol. The van der Waals surface area contributed by atoms with Crippen LogP contribution in [0.1, 0.15) is 42.3 Å². The Bertz CT molecular complexity index is 1340. The highest BCUT2D eigenvalue weighted by atomic mass is 35.5. The molecule has 2 unspecified atom stereocenters. The number of aromatic nitrogens is 1. The topological polar surface area (TPSA) is 88.8 Å². The number of nitrogens with zero attached hydrogens (tertiary/aromatic N) is 3. The third kappa shape index (κ3) is 5.65. The molecule has 1 saturated heterocycles. The van der Waals surface area contributed by atoms with E-state index in [0.717, 1.165) is 17.5 Å². The molecule has 7 nitrogen and oxygen atoms in total. The molecule has 0 aliphatic carbocycles. The van der Waals surface area contributed by atoms with Gasteiger partial charge in [-0.2, -0.15) is 0 Å². The molecule has 2 aromatic carbocycles. The summed E-state index contributed by atoms with van der Waals surface area (Å²) in [6.07, 6.45) is 1.67. The summed E-state index contributed by atoms with van der Waals surface area (Å²) in [6.45, 7) is 4.33. The minimum Gasteiger partial charge on any atom is -0.482 e. The van der Waals surface area contributed by atoms with Crippen molar-refractivity contribution >= 4 is 40.8 Å². The molecule has 1 aliphatic heterocycles. The molecule has 1 aliphatic rings. The van der Waals surface area contributed by atoms with Gasteiger partial charge >= 0.3 is 0 Å². The van der Waals surface area contributed by atoms with Crippen molar-refractivity contribution in [2.45, 2.75) is 32.4 Å². The third-order valence-electron chi connectivity index (χ3n) is 6.63. The molecular formula is C27H27Cl2FN4O3. The van der Waals surface area contributed by atoms with Gasteiger partial charge in [0.1, 0.15) is 11.9 Å². The number of nitrogens with two attached hydrogens (primary N) is 1. The predicted molar refractivity (Wildman–Crippen MR) is 142 cm³/mol. The van der Waals surface area contributed by atoms with E-state index in [1.165, 1.54) is 19.1 Å². The Labute approximate surface area is 224 Å². The van der Waals surface area contributed by atoms with E-state index in [0.29, 0.717) is 30.0 Å². The van der Waals surface area contributed by atoms with Crippen LogP contribution >= 0.6 is 23.2 Å². The van der Waals surface area contributed by atoms with Gasteiger partial charge in [0.05, 0.1) is 11.1 Å². The standard InChI is InChI=1S/C27H27Cl2FN4O3/c1-15(24-21(28)8-9-22(30)25(24)29)37-23-12-19(13-32-26(23)31)17-4-6-18(7-5-17)27(36)34-11-10-20(14-34)33(3)16(2)35/h4-9,12-13,15,20H,10-11,14H2,1-3H3,(H2,31,32). The van der Waals surface area contributed by atoms with E-state index in [-0.39, 0.29) is 33.7 Å². The number of nitrogen functional groups attached to an aromatic ring is 1. The Morgan fingerprint density at radius 1 is 1.19 bits per heavy atom. The first kappa shape index (κ1) is 26.7. The van der Waals surface area contributed by atoms with E-state index in [4.69, 9.17) is 33.7 Å². The number of pyridine rings is 1. The van der Waals surface area contributed by atoms with Crippen molar-refractivity contribution in [3.63, 3.8) is 0 Å². The van der Waals surface area contributed by atoms with Crippen LogP contribution in [0.5, 0.6) is 5.75 Å². The largest absolute Gasteiger partial charge is 0.482 e. The van der Waals surface area contributed by atoms with E-state index in [2.05, 4.69) is 4.98 Å². The number of anilines is 1. The van der Waals surface area contributed by atoms with Crippen LogP contribution in [0, 0.1) is 5.82 Å².